The highest BCUT2D eigenvalue weighted by Crippen LogP contribution is 2.12. The summed E-state index contributed by atoms with van der Waals surface area (Å²) in [6.45, 7) is 4.73. The fourth-order valence-corrected chi connectivity index (χ4v) is 1.94. The van der Waals surface area contributed by atoms with Crippen LogP contribution < -0.4 is 5.32 Å². The number of likely N-dealkylation sites (N-methyl/N-ethyl adjacent to an activating group) is 1. The molecule has 1 aromatic heterocycles. The van der Waals surface area contributed by atoms with Gasteiger partial charge >= 0.3 is 0 Å². The molecule has 0 aromatic carbocycles. The second-order valence-corrected chi connectivity index (χ2v) is 4.99. The molecule has 0 amide bonds. The van der Waals surface area contributed by atoms with Gasteiger partial charge in [-0.1, -0.05) is 0 Å². The molecule has 1 unspecified atom stereocenters. The summed E-state index contributed by atoms with van der Waals surface area (Å²) >= 11 is 1.31. The van der Waals surface area contributed by atoms with Crippen LogP contribution >= 0.6 is 11.5 Å². The molecule has 1 heterocycles. The smallest absolute Gasteiger partial charge is 0.202 e. The Morgan fingerprint density at radius 2 is 2.20 bits per heavy atom. The van der Waals surface area contributed by atoms with Gasteiger partial charge in [-0.25, -0.2) is 4.98 Å². The molecule has 0 saturated carbocycles. The fraction of sp³-hybridized carbons (Fsp3) is 0.778. The van der Waals surface area contributed by atoms with Crippen LogP contribution in [0.5, 0.6) is 0 Å². The van der Waals surface area contributed by atoms with Crippen molar-refractivity contribution in [2.75, 3.05) is 32.5 Å². The molecule has 2 N–H and O–H groups in total. The zero-order valence-corrected chi connectivity index (χ0v) is 10.4. The molecule has 0 aliphatic heterocycles. The van der Waals surface area contributed by atoms with Crippen LogP contribution in [0.4, 0.5) is 5.13 Å². The number of nitrogens with zero attached hydrogens (tertiary/aromatic N) is 3. The molecule has 1 aromatic rings. The minimum Gasteiger partial charge on any atom is -0.387 e. The summed E-state index contributed by atoms with van der Waals surface area (Å²) in [5.74, 6) is 0.759. The van der Waals surface area contributed by atoms with E-state index >= 15 is 0 Å². The summed E-state index contributed by atoms with van der Waals surface area (Å²) in [6.07, 6.45) is 0. The number of nitrogens with one attached hydrogen (secondary N) is 1. The summed E-state index contributed by atoms with van der Waals surface area (Å²) < 4.78 is 4.05. The average molecular weight is 230 g/mol. The van der Waals surface area contributed by atoms with E-state index in [9.17, 15) is 5.11 Å². The first-order chi connectivity index (χ1) is 6.89. The Morgan fingerprint density at radius 3 is 2.67 bits per heavy atom. The van der Waals surface area contributed by atoms with E-state index in [0.29, 0.717) is 13.1 Å². The van der Waals surface area contributed by atoms with Crippen molar-refractivity contribution in [1.29, 1.82) is 0 Å². The van der Waals surface area contributed by atoms with E-state index < -0.39 is 5.60 Å². The molecule has 0 saturated heterocycles. The molecule has 0 aliphatic carbocycles. The van der Waals surface area contributed by atoms with Gasteiger partial charge < -0.3 is 15.3 Å². The van der Waals surface area contributed by atoms with Crippen molar-refractivity contribution in [2.24, 2.45) is 0 Å². The third-order valence-corrected chi connectivity index (χ3v) is 2.57. The Labute approximate surface area is 94.3 Å². The van der Waals surface area contributed by atoms with Gasteiger partial charge in [-0.15, -0.1) is 0 Å². The molecule has 15 heavy (non-hydrogen) atoms. The van der Waals surface area contributed by atoms with Crippen molar-refractivity contribution in [3.05, 3.63) is 5.82 Å². The first-order valence-electron chi connectivity index (χ1n) is 4.80. The van der Waals surface area contributed by atoms with Gasteiger partial charge in [0, 0.05) is 24.6 Å². The lowest BCUT2D eigenvalue weighted by molar-refractivity contribution is 0.0460. The Morgan fingerprint density at radius 1 is 1.53 bits per heavy atom. The van der Waals surface area contributed by atoms with Gasteiger partial charge in [0.2, 0.25) is 5.13 Å². The zero-order chi connectivity index (χ0) is 11.5. The molecule has 0 radical (unpaired) electrons. The van der Waals surface area contributed by atoms with Gasteiger partial charge in [-0.05, 0) is 27.9 Å². The normalized spacial score (nSPS) is 15.3. The number of aromatic nitrogens is 2. The standard InChI is InChI=1S/C9H18N4OS/c1-7-11-8(15-12-7)10-5-9(2,14)6-13(3)4/h14H,5-6H2,1-4H3,(H,10,11,12). The lowest BCUT2D eigenvalue weighted by atomic mass is 10.1. The maximum atomic E-state index is 10.0. The van der Waals surface area contributed by atoms with Crippen LogP contribution in [0.3, 0.4) is 0 Å². The molecule has 0 fully saturated rings. The van der Waals surface area contributed by atoms with Crippen molar-refractivity contribution in [3.8, 4) is 0 Å². The Kier molecular flexibility index (Phi) is 4.01. The maximum absolute atomic E-state index is 10.0. The van der Waals surface area contributed by atoms with E-state index in [-0.39, 0.29) is 0 Å². The quantitative estimate of drug-likeness (QED) is 0.774. The number of hydrogen-bond acceptors (Lipinski definition) is 6. The maximum Gasteiger partial charge on any atom is 0.202 e. The fourth-order valence-electron chi connectivity index (χ4n) is 1.37. The van der Waals surface area contributed by atoms with Gasteiger partial charge in [0.05, 0.1) is 5.60 Å². The number of anilines is 1. The van der Waals surface area contributed by atoms with Crippen LogP contribution in [0.2, 0.25) is 0 Å². The third-order valence-electron chi connectivity index (χ3n) is 1.80. The van der Waals surface area contributed by atoms with E-state index in [4.69, 9.17) is 0 Å². The lowest BCUT2D eigenvalue weighted by Gasteiger charge is -2.26. The monoisotopic (exact) mass is 230 g/mol. The molecule has 5 nitrogen and oxygen atoms in total. The molecule has 6 heteroatoms. The molecule has 0 bridgehead atoms. The van der Waals surface area contributed by atoms with Crippen molar-refractivity contribution in [3.63, 3.8) is 0 Å². The van der Waals surface area contributed by atoms with Gasteiger partial charge in [0.15, 0.2) is 0 Å². The molecule has 1 atom stereocenters. The minimum absolute atomic E-state index is 0.472. The third kappa shape index (κ3) is 4.55. The van der Waals surface area contributed by atoms with Crippen LogP contribution in [0.15, 0.2) is 0 Å². The Bertz CT molecular complexity index is 311. The Hall–Kier alpha value is -0.720. The van der Waals surface area contributed by atoms with Gasteiger partial charge in [0.25, 0.3) is 0 Å². The first kappa shape index (κ1) is 12.4. The number of aryl methyl sites for hydroxylation is 1. The van der Waals surface area contributed by atoms with Gasteiger partial charge in [-0.3, -0.25) is 0 Å². The minimum atomic E-state index is -0.761. The van der Waals surface area contributed by atoms with Crippen molar-refractivity contribution in [2.45, 2.75) is 19.4 Å². The largest absolute Gasteiger partial charge is 0.387 e. The van der Waals surface area contributed by atoms with Gasteiger partial charge in [-0.2, -0.15) is 4.37 Å². The lowest BCUT2D eigenvalue weighted by Crippen LogP contribution is -2.43. The van der Waals surface area contributed by atoms with E-state index in [2.05, 4.69) is 14.7 Å². The summed E-state index contributed by atoms with van der Waals surface area (Å²) in [4.78, 5) is 6.12. The number of aliphatic hydroxyl groups is 1. The highest BCUT2D eigenvalue weighted by atomic mass is 32.1. The van der Waals surface area contributed by atoms with E-state index in [1.807, 2.05) is 25.9 Å². The molecule has 1 rings (SSSR count). The molecule has 0 aliphatic rings. The van der Waals surface area contributed by atoms with E-state index in [1.165, 1.54) is 11.5 Å². The second-order valence-electron chi connectivity index (χ2n) is 4.24. The summed E-state index contributed by atoms with van der Waals surface area (Å²) in [5.41, 5.74) is -0.761. The second kappa shape index (κ2) is 4.87. The van der Waals surface area contributed by atoms with Crippen molar-refractivity contribution in [1.82, 2.24) is 14.3 Å². The Balaban J connectivity index is 2.42. The van der Waals surface area contributed by atoms with Crippen LogP contribution in [0.25, 0.3) is 0 Å². The predicted molar refractivity (Wildman–Crippen MR) is 62.3 cm³/mol. The molecule has 86 valence electrons. The predicted octanol–water partition coefficient (Wildman–Crippen LogP) is 0.571. The number of rotatable bonds is 5. The molecular weight excluding hydrogens is 212 g/mol. The van der Waals surface area contributed by atoms with Gasteiger partial charge in [0.1, 0.15) is 5.82 Å². The molecule has 0 spiro atoms. The van der Waals surface area contributed by atoms with Crippen molar-refractivity contribution < 1.29 is 5.11 Å². The van der Waals surface area contributed by atoms with Crippen LogP contribution in [0, 0.1) is 6.92 Å². The summed E-state index contributed by atoms with van der Waals surface area (Å²) in [6, 6.07) is 0. The summed E-state index contributed by atoms with van der Waals surface area (Å²) in [7, 11) is 3.87. The van der Waals surface area contributed by atoms with Crippen LogP contribution in [-0.4, -0.2) is 52.1 Å². The van der Waals surface area contributed by atoms with Crippen LogP contribution in [0.1, 0.15) is 12.7 Å². The highest BCUT2D eigenvalue weighted by Gasteiger charge is 2.21. The zero-order valence-electron chi connectivity index (χ0n) is 9.61. The average Bonchev–Trinajstić information content (AvgIpc) is 2.46. The highest BCUT2D eigenvalue weighted by molar-refractivity contribution is 7.09. The SMILES string of the molecule is Cc1nsc(NCC(C)(O)CN(C)C)n1. The topological polar surface area (TPSA) is 61.3 Å². The van der Waals surface area contributed by atoms with Crippen LogP contribution in [-0.2, 0) is 0 Å². The molecular formula is C9H18N4OS. The number of hydrogen-bond donors (Lipinski definition) is 2. The van der Waals surface area contributed by atoms with E-state index in [0.717, 1.165) is 11.0 Å². The first-order valence-corrected chi connectivity index (χ1v) is 5.58. The van der Waals surface area contributed by atoms with Crippen molar-refractivity contribution >= 4 is 16.7 Å². The summed E-state index contributed by atoms with van der Waals surface area (Å²) in [5, 5.41) is 13.8. The van der Waals surface area contributed by atoms with E-state index in [1.54, 1.807) is 6.92 Å².